The summed E-state index contributed by atoms with van der Waals surface area (Å²) in [5, 5.41) is 3.92. The molecule has 1 N–H and O–H groups in total. The number of aromatic nitrogens is 1. The highest BCUT2D eigenvalue weighted by molar-refractivity contribution is 7.22. The van der Waals surface area contributed by atoms with Crippen molar-refractivity contribution in [3.05, 3.63) is 23.8 Å². The van der Waals surface area contributed by atoms with E-state index >= 15 is 0 Å². The Hall–Kier alpha value is -1.83. The van der Waals surface area contributed by atoms with Crippen LogP contribution in [0.15, 0.2) is 18.2 Å². The van der Waals surface area contributed by atoms with Gasteiger partial charge in [0.15, 0.2) is 5.13 Å². The third kappa shape index (κ3) is 4.42. The molecule has 2 heterocycles. The minimum absolute atomic E-state index is 0.157. The number of nitrogens with one attached hydrogen (secondary N) is 1. The number of benzene rings is 1. The molecule has 1 aromatic heterocycles. The molecule has 1 saturated carbocycles. The SMILES string of the molecule is O=C(CC1CCCC1)NC1CCN(c2nc3cc(C(F)(F)F)ccc3s2)CC1. The molecule has 1 amide bonds. The van der Waals surface area contributed by atoms with Gasteiger partial charge in [0, 0.05) is 25.6 Å². The summed E-state index contributed by atoms with van der Waals surface area (Å²) >= 11 is 1.42. The molecule has 1 aromatic carbocycles. The first-order valence-corrected chi connectivity index (χ1v) is 10.7. The van der Waals surface area contributed by atoms with Crippen LogP contribution in [0.3, 0.4) is 0 Å². The van der Waals surface area contributed by atoms with Crippen molar-refractivity contribution in [2.24, 2.45) is 5.92 Å². The standard InChI is InChI=1S/C20H24F3N3OS/c21-20(22,23)14-5-6-17-16(12-14)25-19(28-17)26-9-7-15(8-10-26)24-18(27)11-13-3-1-2-4-13/h5-6,12-13,15H,1-4,7-11H2,(H,24,27). The Labute approximate surface area is 166 Å². The van der Waals surface area contributed by atoms with Crippen molar-refractivity contribution in [1.82, 2.24) is 10.3 Å². The number of alkyl halides is 3. The average Bonchev–Trinajstić information content (AvgIpc) is 3.30. The van der Waals surface area contributed by atoms with Gasteiger partial charge in [0.25, 0.3) is 0 Å². The van der Waals surface area contributed by atoms with Gasteiger partial charge in [-0.3, -0.25) is 4.79 Å². The van der Waals surface area contributed by atoms with Crippen molar-refractivity contribution >= 4 is 32.6 Å². The zero-order chi connectivity index (χ0) is 19.7. The van der Waals surface area contributed by atoms with Gasteiger partial charge < -0.3 is 10.2 Å². The lowest BCUT2D eigenvalue weighted by atomic mass is 10.0. The minimum atomic E-state index is -4.35. The first-order valence-electron chi connectivity index (χ1n) is 9.90. The van der Waals surface area contributed by atoms with E-state index in [0.29, 0.717) is 17.9 Å². The number of carbonyl (C=O) groups is 1. The van der Waals surface area contributed by atoms with Gasteiger partial charge in [-0.1, -0.05) is 24.2 Å². The highest BCUT2D eigenvalue weighted by atomic mass is 32.1. The summed E-state index contributed by atoms with van der Waals surface area (Å²) in [6.07, 6.45) is 2.76. The maximum atomic E-state index is 12.9. The Morgan fingerprint density at radius 2 is 1.89 bits per heavy atom. The van der Waals surface area contributed by atoms with Gasteiger partial charge in [-0.05, 0) is 49.8 Å². The quantitative estimate of drug-likeness (QED) is 0.772. The number of halogens is 3. The molecule has 1 aliphatic heterocycles. The van der Waals surface area contributed by atoms with E-state index in [9.17, 15) is 18.0 Å². The first-order chi connectivity index (χ1) is 13.4. The fourth-order valence-electron chi connectivity index (χ4n) is 4.21. The molecule has 152 valence electrons. The van der Waals surface area contributed by atoms with Crippen LogP contribution in [0.2, 0.25) is 0 Å². The summed E-state index contributed by atoms with van der Waals surface area (Å²) in [6.45, 7) is 1.50. The van der Waals surface area contributed by atoms with E-state index in [0.717, 1.165) is 47.9 Å². The number of carbonyl (C=O) groups excluding carboxylic acids is 1. The van der Waals surface area contributed by atoms with Gasteiger partial charge in [-0.2, -0.15) is 13.2 Å². The first kappa shape index (κ1) is 19.5. The van der Waals surface area contributed by atoms with Crippen molar-refractivity contribution in [3.63, 3.8) is 0 Å². The van der Waals surface area contributed by atoms with Crippen LogP contribution in [0, 0.1) is 5.92 Å². The number of piperidine rings is 1. The van der Waals surface area contributed by atoms with Crippen LogP contribution in [-0.2, 0) is 11.0 Å². The second-order valence-electron chi connectivity index (χ2n) is 7.86. The normalized spacial score (nSPS) is 19.5. The largest absolute Gasteiger partial charge is 0.416 e. The number of hydrogen-bond acceptors (Lipinski definition) is 4. The lowest BCUT2D eigenvalue weighted by molar-refractivity contribution is -0.137. The van der Waals surface area contributed by atoms with E-state index in [1.165, 1.54) is 43.1 Å². The molecule has 8 heteroatoms. The molecular formula is C20H24F3N3OS. The van der Waals surface area contributed by atoms with Crippen molar-refractivity contribution < 1.29 is 18.0 Å². The van der Waals surface area contributed by atoms with Crippen LogP contribution in [0.4, 0.5) is 18.3 Å². The number of hydrogen-bond donors (Lipinski definition) is 1. The molecule has 0 atom stereocenters. The molecule has 0 radical (unpaired) electrons. The topological polar surface area (TPSA) is 45.2 Å². The summed E-state index contributed by atoms with van der Waals surface area (Å²) < 4.78 is 39.4. The summed E-state index contributed by atoms with van der Waals surface area (Å²) in [7, 11) is 0. The molecule has 4 rings (SSSR count). The number of rotatable bonds is 4. The van der Waals surface area contributed by atoms with E-state index < -0.39 is 11.7 Å². The average molecular weight is 411 g/mol. The molecule has 1 saturated heterocycles. The van der Waals surface area contributed by atoms with Gasteiger partial charge in [0.1, 0.15) is 0 Å². The molecule has 2 aliphatic rings. The smallest absolute Gasteiger partial charge is 0.353 e. The third-order valence-corrected chi connectivity index (χ3v) is 6.88. The lowest BCUT2D eigenvalue weighted by Crippen LogP contribution is -2.45. The molecule has 28 heavy (non-hydrogen) atoms. The van der Waals surface area contributed by atoms with E-state index in [1.807, 2.05) is 0 Å². The predicted octanol–water partition coefficient (Wildman–Crippen LogP) is 4.98. The van der Waals surface area contributed by atoms with Crippen molar-refractivity contribution in [2.75, 3.05) is 18.0 Å². The Morgan fingerprint density at radius 1 is 1.18 bits per heavy atom. The van der Waals surface area contributed by atoms with Crippen LogP contribution >= 0.6 is 11.3 Å². The van der Waals surface area contributed by atoms with Gasteiger partial charge in [-0.25, -0.2) is 4.98 Å². The minimum Gasteiger partial charge on any atom is -0.353 e. The van der Waals surface area contributed by atoms with E-state index in [-0.39, 0.29) is 11.9 Å². The van der Waals surface area contributed by atoms with Gasteiger partial charge in [-0.15, -0.1) is 0 Å². The Balaban J connectivity index is 1.33. The summed E-state index contributed by atoms with van der Waals surface area (Å²) in [6, 6.07) is 3.90. The van der Waals surface area contributed by atoms with Crippen LogP contribution in [0.1, 0.15) is 50.5 Å². The van der Waals surface area contributed by atoms with Crippen LogP contribution in [0.25, 0.3) is 10.2 Å². The fourth-order valence-corrected chi connectivity index (χ4v) is 5.20. The maximum Gasteiger partial charge on any atom is 0.416 e. The lowest BCUT2D eigenvalue weighted by Gasteiger charge is -2.32. The Kier molecular flexibility index (Phi) is 5.49. The maximum absolute atomic E-state index is 12.9. The number of fused-ring (bicyclic) bond motifs is 1. The second kappa shape index (κ2) is 7.89. The van der Waals surface area contributed by atoms with Gasteiger partial charge in [0.2, 0.25) is 5.91 Å². The number of nitrogens with zero attached hydrogens (tertiary/aromatic N) is 2. The van der Waals surface area contributed by atoms with Crippen LogP contribution < -0.4 is 10.2 Å². The molecule has 0 bridgehead atoms. The number of anilines is 1. The highest BCUT2D eigenvalue weighted by Gasteiger charge is 2.31. The summed E-state index contributed by atoms with van der Waals surface area (Å²) in [5.41, 5.74) is -0.276. The van der Waals surface area contributed by atoms with Gasteiger partial charge in [0.05, 0.1) is 15.8 Å². The van der Waals surface area contributed by atoms with E-state index in [2.05, 4.69) is 15.2 Å². The van der Waals surface area contributed by atoms with Crippen LogP contribution in [-0.4, -0.2) is 30.0 Å². The van der Waals surface area contributed by atoms with E-state index in [4.69, 9.17) is 0 Å². The summed E-state index contributed by atoms with van der Waals surface area (Å²) in [4.78, 5) is 18.8. The van der Waals surface area contributed by atoms with Gasteiger partial charge >= 0.3 is 6.18 Å². The molecule has 0 spiro atoms. The molecule has 0 unspecified atom stereocenters. The summed E-state index contributed by atoms with van der Waals surface area (Å²) in [5.74, 6) is 0.703. The number of amides is 1. The second-order valence-corrected chi connectivity index (χ2v) is 8.87. The van der Waals surface area contributed by atoms with Crippen molar-refractivity contribution in [3.8, 4) is 0 Å². The molecule has 2 fully saturated rings. The van der Waals surface area contributed by atoms with Crippen molar-refractivity contribution in [1.29, 1.82) is 0 Å². The Bertz CT molecular complexity index is 837. The van der Waals surface area contributed by atoms with Crippen molar-refractivity contribution in [2.45, 2.75) is 57.2 Å². The Morgan fingerprint density at radius 3 is 2.57 bits per heavy atom. The molecular weight excluding hydrogens is 387 g/mol. The predicted molar refractivity (Wildman–Crippen MR) is 105 cm³/mol. The van der Waals surface area contributed by atoms with Crippen LogP contribution in [0.5, 0.6) is 0 Å². The zero-order valence-electron chi connectivity index (χ0n) is 15.6. The zero-order valence-corrected chi connectivity index (χ0v) is 16.4. The molecule has 2 aromatic rings. The monoisotopic (exact) mass is 411 g/mol. The molecule has 1 aliphatic carbocycles. The van der Waals surface area contributed by atoms with E-state index in [1.54, 1.807) is 0 Å². The molecule has 4 nitrogen and oxygen atoms in total. The number of thiazole rings is 1. The fraction of sp³-hybridized carbons (Fsp3) is 0.600. The highest BCUT2D eigenvalue weighted by Crippen LogP contribution is 2.35. The third-order valence-electron chi connectivity index (χ3n) is 5.78.